The second-order valence-corrected chi connectivity index (χ2v) is 2.35. The van der Waals surface area contributed by atoms with Crippen molar-refractivity contribution in [3.63, 3.8) is 0 Å². The standard InChI is InChI=1S/C7H6N4O/c8-6(12)7-10-2-4-1-9-3-5(4)11-7/h1-3,9H,(H2,8,12). The van der Waals surface area contributed by atoms with Crippen LogP contribution in [0.25, 0.3) is 10.9 Å². The molecular formula is C7H6N4O. The fourth-order valence-corrected chi connectivity index (χ4v) is 0.960. The van der Waals surface area contributed by atoms with Crippen LogP contribution in [0.2, 0.25) is 0 Å². The molecule has 0 aliphatic rings. The molecule has 2 heterocycles. The molecule has 2 aromatic heterocycles. The van der Waals surface area contributed by atoms with Crippen LogP contribution in [-0.4, -0.2) is 20.9 Å². The Morgan fingerprint density at radius 2 is 2.33 bits per heavy atom. The molecule has 2 rings (SSSR count). The van der Waals surface area contributed by atoms with Crippen molar-refractivity contribution in [1.29, 1.82) is 0 Å². The van der Waals surface area contributed by atoms with E-state index in [-0.39, 0.29) is 5.82 Å². The Morgan fingerprint density at radius 3 is 3.08 bits per heavy atom. The smallest absolute Gasteiger partial charge is 0.286 e. The van der Waals surface area contributed by atoms with E-state index in [2.05, 4.69) is 15.0 Å². The summed E-state index contributed by atoms with van der Waals surface area (Å²) in [6, 6.07) is 0. The summed E-state index contributed by atoms with van der Waals surface area (Å²) in [7, 11) is 0. The predicted octanol–water partition coefficient (Wildman–Crippen LogP) is 0.0568. The van der Waals surface area contributed by atoms with Crippen LogP contribution in [0.5, 0.6) is 0 Å². The van der Waals surface area contributed by atoms with E-state index in [1.54, 1.807) is 18.6 Å². The van der Waals surface area contributed by atoms with Crippen molar-refractivity contribution in [2.75, 3.05) is 0 Å². The third kappa shape index (κ3) is 0.914. The Hall–Kier alpha value is -1.91. The van der Waals surface area contributed by atoms with E-state index in [4.69, 9.17) is 5.73 Å². The van der Waals surface area contributed by atoms with Crippen LogP contribution in [-0.2, 0) is 0 Å². The van der Waals surface area contributed by atoms with Gasteiger partial charge in [0.15, 0.2) is 0 Å². The number of carbonyl (C=O) groups excluding carboxylic acids is 1. The van der Waals surface area contributed by atoms with Crippen LogP contribution in [0.3, 0.4) is 0 Å². The van der Waals surface area contributed by atoms with Crippen molar-refractivity contribution < 1.29 is 4.79 Å². The normalized spacial score (nSPS) is 10.3. The van der Waals surface area contributed by atoms with Gasteiger partial charge in [-0.1, -0.05) is 0 Å². The number of nitrogens with two attached hydrogens (primary N) is 1. The summed E-state index contributed by atoms with van der Waals surface area (Å²) in [5.74, 6) is -0.569. The first-order chi connectivity index (χ1) is 5.77. The van der Waals surface area contributed by atoms with Crippen LogP contribution in [0.4, 0.5) is 0 Å². The number of nitrogens with zero attached hydrogens (tertiary/aromatic N) is 2. The van der Waals surface area contributed by atoms with Gasteiger partial charge in [0.05, 0.1) is 5.52 Å². The number of primary amides is 1. The van der Waals surface area contributed by atoms with E-state index in [1.807, 2.05) is 0 Å². The lowest BCUT2D eigenvalue weighted by molar-refractivity contribution is 0.0991. The number of fused-ring (bicyclic) bond motifs is 1. The highest BCUT2D eigenvalue weighted by Crippen LogP contribution is 2.07. The number of H-pyrrole nitrogens is 1. The summed E-state index contributed by atoms with van der Waals surface area (Å²) in [5, 5.41) is 0.861. The van der Waals surface area contributed by atoms with Crippen molar-refractivity contribution in [3.05, 3.63) is 24.4 Å². The number of hydrogen-bond acceptors (Lipinski definition) is 3. The van der Waals surface area contributed by atoms with Gasteiger partial charge >= 0.3 is 0 Å². The Labute approximate surface area is 67.6 Å². The van der Waals surface area contributed by atoms with Gasteiger partial charge in [-0.05, 0) is 0 Å². The van der Waals surface area contributed by atoms with Crippen LogP contribution >= 0.6 is 0 Å². The Bertz CT molecular complexity index is 434. The highest BCUT2D eigenvalue weighted by Gasteiger charge is 2.04. The highest BCUT2D eigenvalue weighted by molar-refractivity contribution is 5.91. The minimum Gasteiger partial charge on any atom is -0.365 e. The van der Waals surface area contributed by atoms with Gasteiger partial charge in [0.2, 0.25) is 5.82 Å². The first kappa shape index (κ1) is 6.78. The maximum Gasteiger partial charge on any atom is 0.286 e. The van der Waals surface area contributed by atoms with Gasteiger partial charge < -0.3 is 10.7 Å². The van der Waals surface area contributed by atoms with Crippen molar-refractivity contribution in [1.82, 2.24) is 15.0 Å². The van der Waals surface area contributed by atoms with E-state index >= 15 is 0 Å². The average Bonchev–Trinajstić information content (AvgIpc) is 2.49. The second-order valence-electron chi connectivity index (χ2n) is 2.35. The topological polar surface area (TPSA) is 84.7 Å². The Morgan fingerprint density at radius 1 is 1.50 bits per heavy atom. The fraction of sp³-hybridized carbons (Fsp3) is 0. The van der Waals surface area contributed by atoms with Crippen LogP contribution in [0, 0.1) is 0 Å². The van der Waals surface area contributed by atoms with Crippen molar-refractivity contribution in [3.8, 4) is 0 Å². The van der Waals surface area contributed by atoms with E-state index in [0.29, 0.717) is 5.52 Å². The molecule has 0 fully saturated rings. The zero-order chi connectivity index (χ0) is 8.55. The molecule has 2 aromatic rings. The maximum absolute atomic E-state index is 10.7. The summed E-state index contributed by atoms with van der Waals surface area (Å²) in [6.45, 7) is 0. The van der Waals surface area contributed by atoms with Crippen molar-refractivity contribution in [2.24, 2.45) is 5.73 Å². The van der Waals surface area contributed by atoms with Gasteiger partial charge in [0.25, 0.3) is 5.91 Å². The van der Waals surface area contributed by atoms with E-state index in [9.17, 15) is 4.79 Å². The van der Waals surface area contributed by atoms with Crippen LogP contribution < -0.4 is 5.73 Å². The molecule has 12 heavy (non-hydrogen) atoms. The molecule has 0 aromatic carbocycles. The molecule has 0 spiro atoms. The van der Waals surface area contributed by atoms with E-state index in [1.165, 1.54) is 0 Å². The monoisotopic (exact) mass is 162 g/mol. The molecule has 0 saturated heterocycles. The maximum atomic E-state index is 10.7. The van der Waals surface area contributed by atoms with Gasteiger partial charge in [-0.25, -0.2) is 9.97 Å². The first-order valence-electron chi connectivity index (χ1n) is 3.37. The number of amides is 1. The molecule has 0 radical (unpaired) electrons. The molecule has 0 bridgehead atoms. The number of carbonyl (C=O) groups is 1. The average molecular weight is 162 g/mol. The molecule has 5 nitrogen and oxygen atoms in total. The molecule has 0 aliphatic heterocycles. The lowest BCUT2D eigenvalue weighted by atomic mass is 10.4. The van der Waals surface area contributed by atoms with E-state index < -0.39 is 5.91 Å². The second kappa shape index (κ2) is 2.30. The Kier molecular flexibility index (Phi) is 1.30. The third-order valence-corrected chi connectivity index (χ3v) is 1.53. The highest BCUT2D eigenvalue weighted by atomic mass is 16.1. The molecule has 0 saturated carbocycles. The van der Waals surface area contributed by atoms with Gasteiger partial charge in [0, 0.05) is 24.0 Å². The number of nitrogens with one attached hydrogen (secondary N) is 1. The quantitative estimate of drug-likeness (QED) is 0.621. The molecule has 5 heteroatoms. The fourth-order valence-electron chi connectivity index (χ4n) is 0.960. The lowest BCUT2D eigenvalue weighted by Gasteiger charge is -1.91. The van der Waals surface area contributed by atoms with E-state index in [0.717, 1.165) is 5.39 Å². The van der Waals surface area contributed by atoms with Crippen LogP contribution in [0.1, 0.15) is 10.6 Å². The minimum absolute atomic E-state index is 0.0436. The summed E-state index contributed by atoms with van der Waals surface area (Å²) in [6.07, 6.45) is 4.99. The zero-order valence-corrected chi connectivity index (χ0v) is 6.11. The van der Waals surface area contributed by atoms with Crippen molar-refractivity contribution in [2.45, 2.75) is 0 Å². The Balaban J connectivity index is 2.68. The minimum atomic E-state index is -0.613. The summed E-state index contributed by atoms with van der Waals surface area (Å²) < 4.78 is 0. The zero-order valence-electron chi connectivity index (χ0n) is 6.11. The molecular weight excluding hydrogens is 156 g/mol. The molecule has 3 N–H and O–H groups in total. The summed E-state index contributed by atoms with van der Waals surface area (Å²) >= 11 is 0. The first-order valence-corrected chi connectivity index (χ1v) is 3.37. The molecule has 0 atom stereocenters. The lowest BCUT2D eigenvalue weighted by Crippen LogP contribution is -2.14. The van der Waals surface area contributed by atoms with Gasteiger partial charge in [-0.2, -0.15) is 0 Å². The van der Waals surface area contributed by atoms with Gasteiger partial charge in [-0.3, -0.25) is 4.79 Å². The molecule has 0 unspecified atom stereocenters. The predicted molar refractivity (Wildman–Crippen MR) is 42.4 cm³/mol. The largest absolute Gasteiger partial charge is 0.365 e. The van der Waals surface area contributed by atoms with Gasteiger partial charge in [0.1, 0.15) is 0 Å². The molecule has 1 amide bonds. The van der Waals surface area contributed by atoms with Crippen LogP contribution in [0.15, 0.2) is 18.6 Å². The SMILES string of the molecule is NC(=O)c1ncc2c[nH]cc2n1. The summed E-state index contributed by atoms with van der Waals surface area (Å²) in [4.78, 5) is 21.2. The van der Waals surface area contributed by atoms with Crippen molar-refractivity contribution >= 4 is 16.8 Å². The summed E-state index contributed by atoms with van der Waals surface area (Å²) in [5.41, 5.74) is 5.69. The number of hydrogen-bond donors (Lipinski definition) is 2. The third-order valence-electron chi connectivity index (χ3n) is 1.53. The molecule has 0 aliphatic carbocycles. The number of aromatic amines is 1. The molecule has 60 valence electrons. The number of aromatic nitrogens is 3. The number of rotatable bonds is 1. The van der Waals surface area contributed by atoms with Gasteiger partial charge in [-0.15, -0.1) is 0 Å².